The molecule has 0 aliphatic rings. The van der Waals surface area contributed by atoms with Gasteiger partial charge in [-0.25, -0.2) is 9.97 Å². The number of benzene rings is 3. The smallest absolute Gasteiger partial charge is 0.140 e. The first-order valence-corrected chi connectivity index (χ1v) is 11.1. The second kappa shape index (κ2) is 7.86. The Hall–Kier alpha value is -3.11. The lowest BCUT2D eigenvalue weighted by Gasteiger charge is -2.11. The normalized spacial score (nSPS) is 11.6. The van der Waals surface area contributed by atoms with Crippen LogP contribution in [-0.2, 0) is 20.0 Å². The van der Waals surface area contributed by atoms with Gasteiger partial charge in [0.15, 0.2) is 0 Å². The van der Waals surface area contributed by atoms with Crippen LogP contribution in [0.1, 0.15) is 30.3 Å². The van der Waals surface area contributed by atoms with Crippen LogP contribution in [0.5, 0.6) is 0 Å². The number of aryl methyl sites for hydroxylation is 3. The highest BCUT2D eigenvalue weighted by Crippen LogP contribution is 2.30. The SMILES string of the molecule is CCCc1nc2c(C)cc(-c3nc4ccccc4n3C)cc2n1Cc1ccc(Cl)cc1. The third-order valence-electron chi connectivity index (χ3n) is 5.90. The van der Waals surface area contributed by atoms with Crippen LogP contribution < -0.4 is 0 Å². The van der Waals surface area contributed by atoms with Crippen LogP contribution in [0.4, 0.5) is 0 Å². The summed E-state index contributed by atoms with van der Waals surface area (Å²) >= 11 is 6.10. The first kappa shape index (κ1) is 19.8. The van der Waals surface area contributed by atoms with E-state index in [1.54, 1.807) is 0 Å². The molecule has 3 aromatic carbocycles. The number of aromatic nitrogens is 4. The number of para-hydroxylation sites is 2. The van der Waals surface area contributed by atoms with Gasteiger partial charge in [0.1, 0.15) is 11.6 Å². The first-order valence-electron chi connectivity index (χ1n) is 10.7. The molecule has 31 heavy (non-hydrogen) atoms. The van der Waals surface area contributed by atoms with E-state index in [-0.39, 0.29) is 0 Å². The van der Waals surface area contributed by atoms with Crippen molar-refractivity contribution in [1.29, 1.82) is 0 Å². The van der Waals surface area contributed by atoms with Crippen molar-refractivity contribution in [2.45, 2.75) is 33.2 Å². The lowest BCUT2D eigenvalue weighted by molar-refractivity contribution is 0.722. The molecule has 0 saturated carbocycles. The fourth-order valence-corrected chi connectivity index (χ4v) is 4.46. The lowest BCUT2D eigenvalue weighted by Crippen LogP contribution is -2.05. The van der Waals surface area contributed by atoms with Gasteiger partial charge in [-0.05, 0) is 60.9 Å². The maximum atomic E-state index is 6.10. The van der Waals surface area contributed by atoms with E-state index in [1.807, 2.05) is 18.2 Å². The summed E-state index contributed by atoms with van der Waals surface area (Å²) in [6.07, 6.45) is 2.00. The van der Waals surface area contributed by atoms with Crippen molar-refractivity contribution < 1.29 is 0 Å². The van der Waals surface area contributed by atoms with Crippen molar-refractivity contribution in [2.75, 3.05) is 0 Å². The van der Waals surface area contributed by atoms with Crippen molar-refractivity contribution in [2.24, 2.45) is 7.05 Å². The number of nitrogens with zero attached hydrogens (tertiary/aromatic N) is 4. The highest BCUT2D eigenvalue weighted by molar-refractivity contribution is 6.30. The minimum atomic E-state index is 0.757. The van der Waals surface area contributed by atoms with E-state index in [4.69, 9.17) is 21.6 Å². The van der Waals surface area contributed by atoms with Gasteiger partial charge >= 0.3 is 0 Å². The molecule has 0 N–H and O–H groups in total. The zero-order chi connectivity index (χ0) is 21.5. The molecular weight excluding hydrogens is 404 g/mol. The van der Waals surface area contributed by atoms with Crippen LogP contribution in [0, 0.1) is 6.92 Å². The first-order chi connectivity index (χ1) is 15.0. The monoisotopic (exact) mass is 428 g/mol. The number of hydrogen-bond acceptors (Lipinski definition) is 2. The molecule has 5 aromatic rings. The molecule has 2 heterocycles. The summed E-state index contributed by atoms with van der Waals surface area (Å²) in [6, 6.07) is 20.8. The maximum Gasteiger partial charge on any atom is 0.140 e. The van der Waals surface area contributed by atoms with Gasteiger partial charge in [-0.15, -0.1) is 0 Å². The second-order valence-corrected chi connectivity index (χ2v) is 8.57. The molecule has 5 rings (SSSR count). The molecule has 0 fully saturated rings. The van der Waals surface area contributed by atoms with E-state index >= 15 is 0 Å². The zero-order valence-electron chi connectivity index (χ0n) is 18.1. The van der Waals surface area contributed by atoms with E-state index in [9.17, 15) is 0 Å². The average molecular weight is 429 g/mol. The molecule has 0 spiro atoms. The Bertz CT molecular complexity index is 1390. The third kappa shape index (κ3) is 3.51. The van der Waals surface area contributed by atoms with E-state index < -0.39 is 0 Å². The highest BCUT2D eigenvalue weighted by atomic mass is 35.5. The van der Waals surface area contributed by atoms with Crippen LogP contribution in [0.3, 0.4) is 0 Å². The molecule has 0 unspecified atom stereocenters. The molecule has 0 radical (unpaired) electrons. The van der Waals surface area contributed by atoms with Crippen LogP contribution in [0.2, 0.25) is 5.02 Å². The summed E-state index contributed by atoms with van der Waals surface area (Å²) in [5.41, 5.74) is 7.87. The largest absolute Gasteiger partial charge is 0.327 e. The van der Waals surface area contributed by atoms with Crippen LogP contribution in [0.25, 0.3) is 33.5 Å². The fraction of sp³-hybridized carbons (Fsp3) is 0.231. The number of fused-ring (bicyclic) bond motifs is 2. The van der Waals surface area contributed by atoms with Crippen molar-refractivity contribution in [3.05, 3.63) is 82.6 Å². The van der Waals surface area contributed by atoms with Gasteiger partial charge in [0, 0.05) is 30.6 Å². The predicted octanol–water partition coefficient (Wildman–Crippen LogP) is 6.55. The van der Waals surface area contributed by atoms with Crippen molar-refractivity contribution in [1.82, 2.24) is 19.1 Å². The molecule has 156 valence electrons. The Kier molecular flexibility index (Phi) is 5.03. The Morgan fingerprint density at radius 1 is 0.935 bits per heavy atom. The van der Waals surface area contributed by atoms with Gasteiger partial charge in [-0.2, -0.15) is 0 Å². The van der Waals surface area contributed by atoms with Gasteiger partial charge in [0.2, 0.25) is 0 Å². The molecule has 0 amide bonds. The van der Waals surface area contributed by atoms with E-state index in [2.05, 4.69) is 72.5 Å². The van der Waals surface area contributed by atoms with E-state index in [0.717, 1.165) is 63.7 Å². The summed E-state index contributed by atoms with van der Waals surface area (Å²) in [6.45, 7) is 5.11. The zero-order valence-corrected chi connectivity index (χ0v) is 18.8. The molecular formula is C26H25ClN4. The van der Waals surface area contributed by atoms with E-state index in [1.165, 1.54) is 11.1 Å². The van der Waals surface area contributed by atoms with Gasteiger partial charge < -0.3 is 9.13 Å². The molecule has 5 heteroatoms. The summed E-state index contributed by atoms with van der Waals surface area (Å²) < 4.78 is 4.52. The molecule has 0 bridgehead atoms. The Labute approximate surface area is 187 Å². The van der Waals surface area contributed by atoms with Crippen molar-refractivity contribution in [3.63, 3.8) is 0 Å². The highest BCUT2D eigenvalue weighted by Gasteiger charge is 2.17. The molecule has 2 aromatic heterocycles. The van der Waals surface area contributed by atoms with Gasteiger partial charge in [0.25, 0.3) is 0 Å². The Morgan fingerprint density at radius 2 is 1.71 bits per heavy atom. The van der Waals surface area contributed by atoms with E-state index in [0.29, 0.717) is 0 Å². The van der Waals surface area contributed by atoms with Crippen molar-refractivity contribution in [3.8, 4) is 11.4 Å². The van der Waals surface area contributed by atoms with Crippen LogP contribution in [-0.4, -0.2) is 19.1 Å². The van der Waals surface area contributed by atoms with Gasteiger partial charge in [-0.1, -0.05) is 42.8 Å². The number of imidazole rings is 2. The minimum Gasteiger partial charge on any atom is -0.327 e. The fourth-order valence-electron chi connectivity index (χ4n) is 4.34. The maximum absolute atomic E-state index is 6.10. The quantitative estimate of drug-likeness (QED) is 0.318. The molecule has 0 atom stereocenters. The summed E-state index contributed by atoms with van der Waals surface area (Å²) in [5, 5.41) is 0.757. The average Bonchev–Trinajstić information content (AvgIpc) is 3.29. The van der Waals surface area contributed by atoms with Crippen molar-refractivity contribution >= 4 is 33.7 Å². The van der Waals surface area contributed by atoms with Crippen LogP contribution in [0.15, 0.2) is 60.7 Å². The van der Waals surface area contributed by atoms with Gasteiger partial charge in [0.05, 0.1) is 22.1 Å². The number of hydrogen-bond donors (Lipinski definition) is 0. The molecule has 0 aliphatic carbocycles. The Balaban J connectivity index is 1.69. The van der Waals surface area contributed by atoms with Gasteiger partial charge in [-0.3, -0.25) is 0 Å². The number of rotatable bonds is 5. The Morgan fingerprint density at radius 3 is 2.45 bits per heavy atom. The summed E-state index contributed by atoms with van der Waals surface area (Å²) in [5.74, 6) is 2.10. The lowest BCUT2D eigenvalue weighted by atomic mass is 10.1. The third-order valence-corrected chi connectivity index (χ3v) is 6.15. The molecule has 4 nitrogen and oxygen atoms in total. The number of halogens is 1. The minimum absolute atomic E-state index is 0.757. The van der Waals surface area contributed by atoms with Crippen LogP contribution >= 0.6 is 11.6 Å². The second-order valence-electron chi connectivity index (χ2n) is 8.13. The summed E-state index contributed by atoms with van der Waals surface area (Å²) in [4.78, 5) is 9.94. The standard InChI is InChI=1S/C26H25ClN4/c1-4-7-24-29-25-17(2)14-19(26-28-21-8-5-6-9-22(21)30(26)3)15-23(25)31(24)16-18-10-12-20(27)13-11-18/h5-6,8-15H,4,7,16H2,1-3H3. The molecule has 0 saturated heterocycles. The summed E-state index contributed by atoms with van der Waals surface area (Å²) in [7, 11) is 2.08. The topological polar surface area (TPSA) is 35.6 Å². The predicted molar refractivity (Wildman–Crippen MR) is 129 cm³/mol. The molecule has 0 aliphatic heterocycles.